The second-order valence-electron chi connectivity index (χ2n) is 16.4. The summed E-state index contributed by atoms with van der Waals surface area (Å²) in [4.78, 5) is 23.0. The molecule has 0 aliphatic heterocycles. The van der Waals surface area contributed by atoms with E-state index in [1.54, 1.807) is 0 Å². The van der Waals surface area contributed by atoms with E-state index in [0.717, 1.165) is 38.5 Å². The molecular formula is C42H88N2O6P+. The lowest BCUT2D eigenvalue weighted by Gasteiger charge is -2.26. The number of aliphatic hydroxyl groups is 1. The third kappa shape index (κ3) is 37.6. The molecule has 0 saturated heterocycles. The van der Waals surface area contributed by atoms with Gasteiger partial charge in [0.15, 0.2) is 0 Å². The van der Waals surface area contributed by atoms with Crippen molar-refractivity contribution in [3.05, 3.63) is 0 Å². The highest BCUT2D eigenvalue weighted by Crippen LogP contribution is 2.43. The topological polar surface area (TPSA) is 105 Å². The van der Waals surface area contributed by atoms with Crippen molar-refractivity contribution in [3.63, 3.8) is 0 Å². The number of quaternary nitrogens is 1. The number of nitrogens with one attached hydrogen (secondary N) is 1. The average molecular weight is 748 g/mol. The van der Waals surface area contributed by atoms with Gasteiger partial charge in [-0.25, -0.2) is 4.57 Å². The van der Waals surface area contributed by atoms with Crippen LogP contribution in [0.3, 0.4) is 0 Å². The molecule has 0 aromatic heterocycles. The first-order valence-electron chi connectivity index (χ1n) is 21.9. The Labute approximate surface area is 317 Å². The maximum atomic E-state index is 12.8. The number of rotatable bonds is 40. The van der Waals surface area contributed by atoms with E-state index in [9.17, 15) is 19.4 Å². The van der Waals surface area contributed by atoms with Crippen LogP contribution in [-0.2, 0) is 18.4 Å². The van der Waals surface area contributed by atoms with Crippen LogP contribution < -0.4 is 5.32 Å². The van der Waals surface area contributed by atoms with E-state index >= 15 is 0 Å². The predicted octanol–water partition coefficient (Wildman–Crippen LogP) is 11.8. The van der Waals surface area contributed by atoms with E-state index in [0.29, 0.717) is 23.9 Å². The number of amides is 1. The summed E-state index contributed by atoms with van der Waals surface area (Å²) in [6.45, 7) is 4.87. The Hall–Kier alpha value is -0.500. The first-order chi connectivity index (χ1) is 24.5. The van der Waals surface area contributed by atoms with Crippen molar-refractivity contribution >= 4 is 13.7 Å². The number of nitrogens with zero attached hydrogens (tertiary/aromatic N) is 1. The van der Waals surface area contributed by atoms with Gasteiger partial charge in [0.25, 0.3) is 0 Å². The molecule has 1 amide bonds. The Kier molecular flexibility index (Phi) is 34.9. The monoisotopic (exact) mass is 748 g/mol. The van der Waals surface area contributed by atoms with Gasteiger partial charge in [-0.15, -0.1) is 0 Å². The summed E-state index contributed by atoms with van der Waals surface area (Å²) in [5.41, 5.74) is 0. The molecule has 0 spiro atoms. The molecule has 0 radical (unpaired) electrons. The van der Waals surface area contributed by atoms with Gasteiger partial charge in [-0.3, -0.25) is 13.8 Å². The van der Waals surface area contributed by atoms with Gasteiger partial charge >= 0.3 is 7.82 Å². The minimum absolute atomic E-state index is 0.0781. The highest BCUT2D eigenvalue weighted by Gasteiger charge is 2.28. The third-order valence-electron chi connectivity index (χ3n) is 10.1. The van der Waals surface area contributed by atoms with Crippen LogP contribution in [0, 0.1) is 0 Å². The van der Waals surface area contributed by atoms with Crippen molar-refractivity contribution < 1.29 is 32.9 Å². The molecule has 51 heavy (non-hydrogen) atoms. The molecule has 0 bridgehead atoms. The number of hydrogen-bond donors (Lipinski definition) is 3. The van der Waals surface area contributed by atoms with Crippen molar-refractivity contribution in [1.82, 2.24) is 5.32 Å². The molecule has 9 heteroatoms. The molecule has 0 aromatic carbocycles. The maximum absolute atomic E-state index is 12.8. The molecule has 8 nitrogen and oxygen atoms in total. The van der Waals surface area contributed by atoms with E-state index in [1.807, 2.05) is 21.1 Å². The smallest absolute Gasteiger partial charge is 0.391 e. The van der Waals surface area contributed by atoms with Crippen LogP contribution in [0.1, 0.15) is 213 Å². The number of phosphoric ester groups is 1. The van der Waals surface area contributed by atoms with Crippen molar-refractivity contribution in [3.8, 4) is 0 Å². The van der Waals surface area contributed by atoms with Gasteiger partial charge in [0, 0.05) is 6.42 Å². The van der Waals surface area contributed by atoms with Gasteiger partial charge < -0.3 is 19.8 Å². The Morgan fingerprint density at radius 2 is 0.941 bits per heavy atom. The lowest BCUT2D eigenvalue weighted by atomic mass is 10.0. The molecular weight excluding hydrogens is 659 g/mol. The van der Waals surface area contributed by atoms with Gasteiger partial charge in [-0.05, 0) is 12.8 Å². The molecule has 306 valence electrons. The maximum Gasteiger partial charge on any atom is 0.472 e. The lowest BCUT2D eigenvalue weighted by molar-refractivity contribution is -0.870. The minimum Gasteiger partial charge on any atom is -0.391 e. The Bertz CT molecular complexity index is 809. The molecule has 3 N–H and O–H groups in total. The number of likely N-dealkylation sites (N-methyl/N-ethyl adjacent to an activating group) is 1. The number of carbonyl (C=O) groups is 1. The normalized spacial score (nSPS) is 14.4. The van der Waals surface area contributed by atoms with Crippen LogP contribution in [-0.4, -0.2) is 73.4 Å². The van der Waals surface area contributed by atoms with E-state index in [4.69, 9.17) is 9.05 Å². The summed E-state index contributed by atoms with van der Waals surface area (Å²) < 4.78 is 23.5. The molecule has 0 aliphatic rings. The van der Waals surface area contributed by atoms with Gasteiger partial charge in [0.2, 0.25) is 5.91 Å². The molecule has 0 heterocycles. The summed E-state index contributed by atoms with van der Waals surface area (Å²) in [6, 6.07) is -0.751. The third-order valence-corrected chi connectivity index (χ3v) is 11.1. The second kappa shape index (κ2) is 35.2. The standard InChI is InChI=1S/C42H87N2O6P/c1-6-8-10-12-14-16-17-18-19-20-21-22-23-24-25-26-27-28-29-31-33-35-41(45)40(39-50-51(47,48)49-38-37-44(3,4)5)43-42(46)36-34-32-30-15-13-11-9-7-2/h40-41,45H,6-39H2,1-5H3,(H-,43,46,47,48)/p+1. The molecule has 0 aliphatic carbocycles. The van der Waals surface area contributed by atoms with Crippen molar-refractivity contribution in [2.24, 2.45) is 0 Å². The summed E-state index contributed by atoms with van der Waals surface area (Å²) in [7, 11) is 1.62. The molecule has 0 rings (SSSR count). The SMILES string of the molecule is CCCCCCCCCCCCCCCCCCCCCCCC(O)C(COP(=O)(O)OCC[N+](C)(C)C)NC(=O)CCCCCCCCCC. The second-order valence-corrected chi connectivity index (χ2v) is 17.9. The summed E-state index contributed by atoms with van der Waals surface area (Å²) in [6.07, 6.45) is 37.1. The molecule has 3 atom stereocenters. The van der Waals surface area contributed by atoms with Crippen LogP contribution in [0.4, 0.5) is 0 Å². The molecule has 0 saturated carbocycles. The van der Waals surface area contributed by atoms with Gasteiger partial charge in [0.1, 0.15) is 13.2 Å². The first kappa shape index (κ1) is 50.5. The highest BCUT2D eigenvalue weighted by atomic mass is 31.2. The average Bonchev–Trinajstić information content (AvgIpc) is 3.07. The fraction of sp³-hybridized carbons (Fsp3) is 0.976. The van der Waals surface area contributed by atoms with Crippen LogP contribution in [0.5, 0.6) is 0 Å². The van der Waals surface area contributed by atoms with Crippen molar-refractivity contribution in [2.75, 3.05) is 40.9 Å². The van der Waals surface area contributed by atoms with Crippen molar-refractivity contribution in [1.29, 1.82) is 0 Å². The quantitative estimate of drug-likeness (QED) is 0.0327. The van der Waals surface area contributed by atoms with E-state index < -0.39 is 20.0 Å². The molecule has 3 unspecified atom stereocenters. The number of aliphatic hydroxyl groups excluding tert-OH is 1. The summed E-state index contributed by atoms with van der Waals surface area (Å²) in [5.74, 6) is -0.147. The van der Waals surface area contributed by atoms with Gasteiger partial charge in [-0.2, -0.15) is 0 Å². The van der Waals surface area contributed by atoms with Gasteiger partial charge in [-0.1, -0.05) is 194 Å². The van der Waals surface area contributed by atoms with Crippen LogP contribution >= 0.6 is 7.82 Å². The zero-order valence-corrected chi connectivity index (χ0v) is 35.5. The largest absolute Gasteiger partial charge is 0.472 e. The molecule has 0 aromatic rings. The van der Waals surface area contributed by atoms with Crippen LogP contribution in [0.25, 0.3) is 0 Å². The summed E-state index contributed by atoms with van der Waals surface area (Å²) in [5, 5.41) is 13.9. The minimum atomic E-state index is -4.30. The zero-order valence-electron chi connectivity index (χ0n) is 34.6. The lowest BCUT2D eigenvalue weighted by Crippen LogP contribution is -2.46. The number of carbonyl (C=O) groups excluding carboxylic acids is 1. The predicted molar refractivity (Wildman–Crippen MR) is 217 cm³/mol. The van der Waals surface area contributed by atoms with E-state index in [2.05, 4.69) is 19.2 Å². The zero-order chi connectivity index (χ0) is 37.9. The fourth-order valence-electron chi connectivity index (χ4n) is 6.58. The fourth-order valence-corrected chi connectivity index (χ4v) is 7.31. The first-order valence-corrected chi connectivity index (χ1v) is 23.4. The van der Waals surface area contributed by atoms with Gasteiger partial charge in [0.05, 0.1) is 39.9 Å². The molecule has 0 fully saturated rings. The van der Waals surface area contributed by atoms with Crippen LogP contribution in [0.15, 0.2) is 0 Å². The number of hydrogen-bond acceptors (Lipinski definition) is 5. The Morgan fingerprint density at radius 1 is 0.588 bits per heavy atom. The number of unbranched alkanes of at least 4 members (excludes halogenated alkanes) is 27. The summed E-state index contributed by atoms with van der Waals surface area (Å²) >= 11 is 0. The highest BCUT2D eigenvalue weighted by molar-refractivity contribution is 7.47. The van der Waals surface area contributed by atoms with E-state index in [-0.39, 0.29) is 19.1 Å². The van der Waals surface area contributed by atoms with Crippen LogP contribution in [0.2, 0.25) is 0 Å². The number of phosphoric acid groups is 1. The Morgan fingerprint density at radius 3 is 1.31 bits per heavy atom. The van der Waals surface area contributed by atoms with Crippen molar-refractivity contribution in [2.45, 2.75) is 225 Å². The Balaban J connectivity index is 4.19. The van der Waals surface area contributed by atoms with E-state index in [1.165, 1.54) is 148 Å².